The molecule has 0 radical (unpaired) electrons. The number of ether oxygens (including phenoxy) is 1. The molecule has 0 saturated carbocycles. The van der Waals surface area contributed by atoms with Crippen LogP contribution < -0.4 is 10.5 Å². The summed E-state index contributed by atoms with van der Waals surface area (Å²) in [6, 6.07) is 8.04. The van der Waals surface area contributed by atoms with Gasteiger partial charge < -0.3 is 10.5 Å². The summed E-state index contributed by atoms with van der Waals surface area (Å²) in [6.45, 7) is 6.44. The van der Waals surface area contributed by atoms with Crippen molar-refractivity contribution < 1.29 is 4.74 Å². The van der Waals surface area contributed by atoms with E-state index in [0.717, 1.165) is 17.7 Å². The van der Waals surface area contributed by atoms with Gasteiger partial charge in [0.1, 0.15) is 5.75 Å². The maximum Gasteiger partial charge on any atom is 0.119 e. The molecule has 0 aliphatic heterocycles. The molecule has 0 saturated heterocycles. The Hall–Kier alpha value is -1.02. The Morgan fingerprint density at radius 1 is 1.40 bits per heavy atom. The van der Waals surface area contributed by atoms with Gasteiger partial charge in [0.15, 0.2) is 0 Å². The van der Waals surface area contributed by atoms with Crippen molar-refractivity contribution in [3.8, 4) is 5.75 Å². The summed E-state index contributed by atoms with van der Waals surface area (Å²) in [4.78, 5) is 0. The van der Waals surface area contributed by atoms with Crippen LogP contribution in [0.5, 0.6) is 5.75 Å². The lowest BCUT2D eigenvalue weighted by Gasteiger charge is -2.33. The number of rotatable bonds is 4. The number of hydrogen-bond acceptors (Lipinski definition) is 2. The first-order valence-electron chi connectivity index (χ1n) is 5.48. The molecule has 0 aromatic heterocycles. The molecule has 1 aromatic rings. The molecule has 2 nitrogen and oxygen atoms in total. The van der Waals surface area contributed by atoms with Crippen LogP contribution in [-0.2, 0) is 5.54 Å². The summed E-state index contributed by atoms with van der Waals surface area (Å²) in [5.74, 6) is 1.28. The normalized spacial score (nSPS) is 15.1. The van der Waals surface area contributed by atoms with Crippen LogP contribution in [-0.4, -0.2) is 7.11 Å². The SMILES string of the molecule is CCC(N)(c1cccc(OC)c1)C(C)C. The van der Waals surface area contributed by atoms with Crippen LogP contribution in [0.2, 0.25) is 0 Å². The fourth-order valence-electron chi connectivity index (χ4n) is 1.86. The molecule has 2 heteroatoms. The van der Waals surface area contributed by atoms with Gasteiger partial charge in [-0.05, 0) is 30.0 Å². The van der Waals surface area contributed by atoms with Gasteiger partial charge in [-0.1, -0.05) is 32.9 Å². The summed E-state index contributed by atoms with van der Waals surface area (Å²) in [5.41, 5.74) is 7.33. The molecule has 15 heavy (non-hydrogen) atoms. The van der Waals surface area contributed by atoms with Gasteiger partial charge in [-0.15, -0.1) is 0 Å². The number of nitrogens with two attached hydrogens (primary N) is 1. The zero-order valence-corrected chi connectivity index (χ0v) is 10.1. The molecule has 84 valence electrons. The average Bonchev–Trinajstić information content (AvgIpc) is 2.27. The molecular formula is C13H21NO. The third-order valence-electron chi connectivity index (χ3n) is 3.22. The van der Waals surface area contributed by atoms with Crippen LogP contribution in [0.4, 0.5) is 0 Å². The minimum Gasteiger partial charge on any atom is -0.497 e. The molecule has 0 aliphatic rings. The lowest BCUT2D eigenvalue weighted by atomic mass is 9.79. The standard InChI is InChI=1S/C13H21NO/c1-5-13(14,10(2)3)11-7-6-8-12(9-11)15-4/h6-10H,5,14H2,1-4H3. The molecule has 0 spiro atoms. The van der Waals surface area contributed by atoms with Gasteiger partial charge in [0.25, 0.3) is 0 Å². The van der Waals surface area contributed by atoms with Gasteiger partial charge in [0, 0.05) is 5.54 Å². The molecule has 0 aliphatic carbocycles. The number of hydrogen-bond donors (Lipinski definition) is 1. The van der Waals surface area contributed by atoms with Gasteiger partial charge in [0.2, 0.25) is 0 Å². The second-order valence-electron chi connectivity index (χ2n) is 4.28. The minimum atomic E-state index is -0.255. The Morgan fingerprint density at radius 3 is 2.53 bits per heavy atom. The van der Waals surface area contributed by atoms with Gasteiger partial charge in [-0.3, -0.25) is 0 Å². The van der Waals surface area contributed by atoms with E-state index in [-0.39, 0.29) is 5.54 Å². The molecule has 1 aromatic carbocycles. The Kier molecular flexibility index (Phi) is 3.75. The van der Waals surface area contributed by atoms with E-state index >= 15 is 0 Å². The summed E-state index contributed by atoms with van der Waals surface area (Å²) < 4.78 is 5.22. The van der Waals surface area contributed by atoms with Crippen LogP contribution in [0.3, 0.4) is 0 Å². The summed E-state index contributed by atoms with van der Waals surface area (Å²) in [6.07, 6.45) is 0.928. The highest BCUT2D eigenvalue weighted by Gasteiger charge is 2.29. The number of methoxy groups -OCH3 is 1. The zero-order chi connectivity index (χ0) is 11.5. The van der Waals surface area contributed by atoms with Crippen LogP contribution in [0, 0.1) is 5.92 Å². The van der Waals surface area contributed by atoms with Crippen molar-refractivity contribution in [1.29, 1.82) is 0 Å². The van der Waals surface area contributed by atoms with Crippen molar-refractivity contribution in [2.24, 2.45) is 11.7 Å². The predicted octanol–water partition coefficient (Wildman–Crippen LogP) is 2.92. The highest BCUT2D eigenvalue weighted by molar-refractivity contribution is 5.33. The molecule has 0 fully saturated rings. The third kappa shape index (κ3) is 2.32. The Balaban J connectivity index is 3.12. The summed E-state index contributed by atoms with van der Waals surface area (Å²) in [5, 5.41) is 0. The third-order valence-corrected chi connectivity index (χ3v) is 3.22. The van der Waals surface area contributed by atoms with E-state index in [1.807, 2.05) is 18.2 Å². The second-order valence-corrected chi connectivity index (χ2v) is 4.28. The fourth-order valence-corrected chi connectivity index (χ4v) is 1.86. The molecule has 1 rings (SSSR count). The van der Waals surface area contributed by atoms with E-state index in [0.29, 0.717) is 5.92 Å². The predicted molar refractivity (Wildman–Crippen MR) is 64.0 cm³/mol. The molecule has 2 N–H and O–H groups in total. The van der Waals surface area contributed by atoms with Gasteiger partial charge in [0.05, 0.1) is 7.11 Å². The largest absolute Gasteiger partial charge is 0.497 e. The van der Waals surface area contributed by atoms with Crippen molar-refractivity contribution in [3.05, 3.63) is 29.8 Å². The van der Waals surface area contributed by atoms with E-state index < -0.39 is 0 Å². The van der Waals surface area contributed by atoms with Crippen molar-refractivity contribution in [3.63, 3.8) is 0 Å². The first-order chi connectivity index (χ1) is 7.04. The van der Waals surface area contributed by atoms with Crippen LogP contribution in [0.25, 0.3) is 0 Å². The molecule has 0 bridgehead atoms. The summed E-state index contributed by atoms with van der Waals surface area (Å²) >= 11 is 0. The maximum atomic E-state index is 6.43. The molecule has 0 heterocycles. The van der Waals surface area contributed by atoms with Gasteiger partial charge in [-0.2, -0.15) is 0 Å². The first kappa shape index (κ1) is 12.1. The van der Waals surface area contributed by atoms with Crippen molar-refractivity contribution in [2.75, 3.05) is 7.11 Å². The molecule has 0 amide bonds. The van der Waals surface area contributed by atoms with E-state index in [1.54, 1.807) is 7.11 Å². The van der Waals surface area contributed by atoms with E-state index in [9.17, 15) is 0 Å². The Bertz CT molecular complexity index is 322. The topological polar surface area (TPSA) is 35.2 Å². The monoisotopic (exact) mass is 207 g/mol. The highest BCUT2D eigenvalue weighted by atomic mass is 16.5. The Morgan fingerprint density at radius 2 is 2.07 bits per heavy atom. The smallest absolute Gasteiger partial charge is 0.119 e. The van der Waals surface area contributed by atoms with Gasteiger partial charge >= 0.3 is 0 Å². The molecule has 1 atom stereocenters. The second kappa shape index (κ2) is 4.67. The highest BCUT2D eigenvalue weighted by Crippen LogP contribution is 2.31. The van der Waals surface area contributed by atoms with E-state index in [2.05, 4.69) is 26.8 Å². The Labute approximate surface area is 92.4 Å². The van der Waals surface area contributed by atoms with Crippen molar-refractivity contribution in [2.45, 2.75) is 32.7 Å². The van der Waals surface area contributed by atoms with E-state index in [1.165, 1.54) is 0 Å². The molecular weight excluding hydrogens is 186 g/mol. The first-order valence-corrected chi connectivity index (χ1v) is 5.48. The van der Waals surface area contributed by atoms with E-state index in [4.69, 9.17) is 10.5 Å². The summed E-state index contributed by atoms with van der Waals surface area (Å²) in [7, 11) is 1.68. The maximum absolute atomic E-state index is 6.43. The quantitative estimate of drug-likeness (QED) is 0.824. The molecule has 1 unspecified atom stereocenters. The van der Waals surface area contributed by atoms with Crippen molar-refractivity contribution in [1.82, 2.24) is 0 Å². The van der Waals surface area contributed by atoms with Crippen molar-refractivity contribution >= 4 is 0 Å². The van der Waals surface area contributed by atoms with Crippen LogP contribution >= 0.6 is 0 Å². The lowest BCUT2D eigenvalue weighted by Crippen LogP contribution is -2.41. The number of benzene rings is 1. The fraction of sp³-hybridized carbons (Fsp3) is 0.538. The van der Waals surface area contributed by atoms with Gasteiger partial charge in [-0.25, -0.2) is 0 Å². The van der Waals surface area contributed by atoms with Crippen LogP contribution in [0.1, 0.15) is 32.8 Å². The minimum absolute atomic E-state index is 0.255. The van der Waals surface area contributed by atoms with Crippen LogP contribution in [0.15, 0.2) is 24.3 Å². The zero-order valence-electron chi connectivity index (χ0n) is 10.1. The lowest BCUT2D eigenvalue weighted by molar-refractivity contribution is 0.304. The average molecular weight is 207 g/mol.